The molecule has 0 aliphatic rings. The van der Waals surface area contributed by atoms with E-state index in [-0.39, 0.29) is 5.82 Å². The predicted octanol–water partition coefficient (Wildman–Crippen LogP) is 1.53. The van der Waals surface area contributed by atoms with Gasteiger partial charge in [-0.15, -0.1) is 11.8 Å². The first-order valence-corrected chi connectivity index (χ1v) is 4.57. The number of hydrogen-bond donors (Lipinski definition) is 2. The van der Waals surface area contributed by atoms with Crippen LogP contribution in [0.15, 0.2) is 23.1 Å². The average molecular weight is 188 g/mol. The molecule has 0 unspecified atom stereocenters. The zero-order valence-corrected chi connectivity index (χ0v) is 7.31. The van der Waals surface area contributed by atoms with Crippen LogP contribution >= 0.6 is 11.8 Å². The monoisotopic (exact) mass is 188 g/mol. The zero-order valence-electron chi connectivity index (χ0n) is 6.49. The van der Waals surface area contributed by atoms with E-state index in [9.17, 15) is 4.39 Å². The molecule has 0 heterocycles. The molecular formula is C8H9FO2S. The summed E-state index contributed by atoms with van der Waals surface area (Å²) in [5.41, 5.74) is 0.337. The Morgan fingerprint density at radius 1 is 1.42 bits per heavy atom. The minimum absolute atomic E-state index is 0.337. The number of aliphatic hydroxyl groups is 2. The van der Waals surface area contributed by atoms with Crippen LogP contribution in [0.25, 0.3) is 0 Å². The molecule has 0 bridgehead atoms. The van der Waals surface area contributed by atoms with Crippen molar-refractivity contribution >= 4 is 11.8 Å². The molecule has 0 amide bonds. The molecule has 0 aliphatic heterocycles. The molecule has 0 atom stereocenters. The maximum Gasteiger partial charge on any atom is 0.179 e. The van der Waals surface area contributed by atoms with Gasteiger partial charge in [0.25, 0.3) is 0 Å². The van der Waals surface area contributed by atoms with Crippen molar-refractivity contribution in [3.8, 4) is 0 Å². The fraction of sp³-hybridized carbons (Fsp3) is 0.250. The fourth-order valence-corrected chi connectivity index (χ4v) is 1.54. The Bertz CT molecular complexity index is 276. The maximum atomic E-state index is 12.6. The second kappa shape index (κ2) is 3.89. The van der Waals surface area contributed by atoms with Crippen molar-refractivity contribution in [2.24, 2.45) is 0 Å². The molecule has 0 aromatic heterocycles. The van der Waals surface area contributed by atoms with Crippen molar-refractivity contribution < 1.29 is 14.6 Å². The summed E-state index contributed by atoms with van der Waals surface area (Å²) in [6.07, 6.45) is 0.216. The van der Waals surface area contributed by atoms with Gasteiger partial charge < -0.3 is 10.2 Å². The molecule has 1 rings (SSSR count). The van der Waals surface area contributed by atoms with Crippen LogP contribution in [0.4, 0.5) is 4.39 Å². The number of aliphatic hydroxyl groups excluding tert-OH is 1. The lowest BCUT2D eigenvalue weighted by molar-refractivity contribution is -0.0445. The molecule has 0 saturated heterocycles. The van der Waals surface area contributed by atoms with Crippen molar-refractivity contribution in [2.75, 3.05) is 6.26 Å². The summed E-state index contributed by atoms with van der Waals surface area (Å²) in [6.45, 7) is 0. The lowest BCUT2D eigenvalue weighted by Crippen LogP contribution is -1.97. The van der Waals surface area contributed by atoms with Crippen LogP contribution in [0.1, 0.15) is 11.9 Å². The minimum Gasteiger partial charge on any atom is -0.364 e. The van der Waals surface area contributed by atoms with E-state index in [1.54, 1.807) is 6.26 Å². The molecule has 2 nitrogen and oxygen atoms in total. The van der Waals surface area contributed by atoms with Crippen LogP contribution in [0.3, 0.4) is 0 Å². The molecule has 1 aromatic rings. The number of halogens is 1. The quantitative estimate of drug-likeness (QED) is 0.546. The van der Waals surface area contributed by atoms with Crippen LogP contribution in [0.2, 0.25) is 0 Å². The molecule has 12 heavy (non-hydrogen) atoms. The van der Waals surface area contributed by atoms with E-state index >= 15 is 0 Å². The molecule has 2 N–H and O–H groups in total. The highest BCUT2D eigenvalue weighted by Gasteiger charge is 2.08. The Hall–Kier alpha value is -0.580. The normalized spacial score (nSPS) is 10.8. The lowest BCUT2D eigenvalue weighted by Gasteiger charge is -2.08. The number of thioether (sulfide) groups is 1. The lowest BCUT2D eigenvalue weighted by atomic mass is 10.2. The van der Waals surface area contributed by atoms with Gasteiger partial charge in [-0.25, -0.2) is 4.39 Å². The Morgan fingerprint density at radius 2 is 2.08 bits per heavy atom. The minimum atomic E-state index is -1.53. The summed E-state index contributed by atoms with van der Waals surface area (Å²) in [4.78, 5) is 0.546. The molecule has 4 heteroatoms. The third-order valence-electron chi connectivity index (χ3n) is 1.47. The highest BCUT2D eigenvalue weighted by molar-refractivity contribution is 7.98. The molecular weight excluding hydrogens is 179 g/mol. The van der Waals surface area contributed by atoms with E-state index in [0.717, 1.165) is 0 Å². The molecule has 1 aromatic carbocycles. The van der Waals surface area contributed by atoms with Gasteiger partial charge in [-0.3, -0.25) is 0 Å². The van der Waals surface area contributed by atoms with Crippen LogP contribution in [-0.2, 0) is 0 Å². The van der Waals surface area contributed by atoms with E-state index in [1.807, 2.05) is 0 Å². The van der Waals surface area contributed by atoms with Gasteiger partial charge in [-0.2, -0.15) is 0 Å². The summed E-state index contributed by atoms with van der Waals surface area (Å²) in [7, 11) is 0. The summed E-state index contributed by atoms with van der Waals surface area (Å²) in [5, 5.41) is 17.7. The van der Waals surface area contributed by atoms with Gasteiger partial charge in [-0.05, 0) is 24.5 Å². The van der Waals surface area contributed by atoms with Crippen molar-refractivity contribution in [3.05, 3.63) is 29.6 Å². The van der Waals surface area contributed by atoms with Crippen LogP contribution in [0.5, 0.6) is 0 Å². The van der Waals surface area contributed by atoms with E-state index < -0.39 is 6.29 Å². The summed E-state index contributed by atoms with van der Waals surface area (Å²) < 4.78 is 12.6. The maximum absolute atomic E-state index is 12.6. The summed E-state index contributed by atoms with van der Waals surface area (Å²) in [6, 6.07) is 3.85. The van der Waals surface area contributed by atoms with E-state index in [0.29, 0.717) is 10.5 Å². The number of hydrogen-bond acceptors (Lipinski definition) is 3. The number of benzene rings is 1. The van der Waals surface area contributed by atoms with Gasteiger partial charge in [0.15, 0.2) is 6.29 Å². The van der Waals surface area contributed by atoms with E-state index in [4.69, 9.17) is 10.2 Å². The van der Waals surface area contributed by atoms with Gasteiger partial charge in [0, 0.05) is 10.5 Å². The van der Waals surface area contributed by atoms with Crippen LogP contribution < -0.4 is 0 Å². The molecule has 0 spiro atoms. The standard InChI is InChI=1S/C8H9FO2S/c1-12-7-4-5(9)2-3-6(7)8(10)11/h2-4,8,10-11H,1H3. The van der Waals surface area contributed by atoms with Crippen molar-refractivity contribution in [1.82, 2.24) is 0 Å². The smallest absolute Gasteiger partial charge is 0.179 e. The van der Waals surface area contributed by atoms with Crippen molar-refractivity contribution in [2.45, 2.75) is 11.2 Å². The predicted molar refractivity (Wildman–Crippen MR) is 45.4 cm³/mol. The van der Waals surface area contributed by atoms with Gasteiger partial charge in [0.2, 0.25) is 0 Å². The van der Waals surface area contributed by atoms with Gasteiger partial charge in [-0.1, -0.05) is 0 Å². The largest absolute Gasteiger partial charge is 0.364 e. The third-order valence-corrected chi connectivity index (χ3v) is 2.27. The third kappa shape index (κ3) is 1.97. The fourth-order valence-electron chi connectivity index (χ4n) is 0.898. The van der Waals surface area contributed by atoms with E-state index in [2.05, 4.69) is 0 Å². The number of rotatable bonds is 2. The Morgan fingerprint density at radius 3 is 2.58 bits per heavy atom. The van der Waals surface area contributed by atoms with E-state index in [1.165, 1.54) is 30.0 Å². The molecule has 0 aliphatic carbocycles. The van der Waals surface area contributed by atoms with Gasteiger partial charge in [0.1, 0.15) is 5.82 Å². The molecule has 0 saturated carbocycles. The zero-order chi connectivity index (χ0) is 9.14. The van der Waals surface area contributed by atoms with Crippen LogP contribution in [0, 0.1) is 5.82 Å². The second-order valence-electron chi connectivity index (χ2n) is 2.26. The summed E-state index contributed by atoms with van der Waals surface area (Å²) in [5.74, 6) is -0.372. The Kier molecular flexibility index (Phi) is 3.08. The van der Waals surface area contributed by atoms with Crippen molar-refractivity contribution in [3.63, 3.8) is 0 Å². The highest BCUT2D eigenvalue weighted by atomic mass is 32.2. The average Bonchev–Trinajstić information content (AvgIpc) is 2.03. The molecule has 0 fully saturated rings. The van der Waals surface area contributed by atoms with Gasteiger partial charge >= 0.3 is 0 Å². The molecule has 0 radical (unpaired) electrons. The molecule has 66 valence electrons. The Labute approximate surface area is 74.0 Å². The first kappa shape index (κ1) is 9.51. The Balaban J connectivity index is 3.11. The van der Waals surface area contributed by atoms with Crippen molar-refractivity contribution in [1.29, 1.82) is 0 Å². The topological polar surface area (TPSA) is 40.5 Å². The van der Waals surface area contributed by atoms with Gasteiger partial charge in [0.05, 0.1) is 0 Å². The van der Waals surface area contributed by atoms with Crippen LogP contribution in [-0.4, -0.2) is 16.5 Å². The SMILES string of the molecule is CSc1cc(F)ccc1C(O)O. The second-order valence-corrected chi connectivity index (χ2v) is 3.11. The summed E-state index contributed by atoms with van der Waals surface area (Å²) >= 11 is 1.28. The highest BCUT2D eigenvalue weighted by Crippen LogP contribution is 2.25. The first-order valence-electron chi connectivity index (χ1n) is 3.34. The first-order chi connectivity index (χ1) is 5.65.